The Labute approximate surface area is 129 Å². The summed E-state index contributed by atoms with van der Waals surface area (Å²) in [6, 6.07) is 3.80. The topological polar surface area (TPSA) is 52.0 Å². The number of aromatic nitrogens is 3. The molecule has 1 fully saturated rings. The SMILES string of the molecule is Cn1ccnc1[C@@H]1OCC[C@H]1CNCc1ccc(Cl)cn1. The Morgan fingerprint density at radius 1 is 1.43 bits per heavy atom. The van der Waals surface area contributed by atoms with E-state index in [2.05, 4.69) is 15.3 Å². The minimum atomic E-state index is 0.0793. The van der Waals surface area contributed by atoms with Gasteiger partial charge in [-0.15, -0.1) is 0 Å². The van der Waals surface area contributed by atoms with Crippen molar-refractivity contribution >= 4 is 11.6 Å². The van der Waals surface area contributed by atoms with Gasteiger partial charge in [-0.25, -0.2) is 4.98 Å². The van der Waals surface area contributed by atoms with E-state index < -0.39 is 0 Å². The van der Waals surface area contributed by atoms with Crippen molar-refractivity contribution in [1.29, 1.82) is 0 Å². The lowest BCUT2D eigenvalue weighted by Crippen LogP contribution is -2.26. The first kappa shape index (κ1) is 14.5. The summed E-state index contributed by atoms with van der Waals surface area (Å²) in [5.41, 5.74) is 0.992. The van der Waals surface area contributed by atoms with Gasteiger partial charge in [0.2, 0.25) is 0 Å². The van der Waals surface area contributed by atoms with Gasteiger partial charge in [0.1, 0.15) is 11.9 Å². The van der Waals surface area contributed by atoms with Crippen LogP contribution < -0.4 is 5.32 Å². The molecule has 0 aromatic carbocycles. The molecule has 1 aliphatic heterocycles. The summed E-state index contributed by atoms with van der Waals surface area (Å²) in [6.07, 6.45) is 6.58. The van der Waals surface area contributed by atoms with E-state index in [-0.39, 0.29) is 6.10 Å². The third-order valence-electron chi connectivity index (χ3n) is 3.83. The minimum Gasteiger partial charge on any atom is -0.370 e. The van der Waals surface area contributed by atoms with Gasteiger partial charge in [0, 0.05) is 51.3 Å². The highest BCUT2D eigenvalue weighted by atomic mass is 35.5. The second-order valence-corrected chi connectivity index (χ2v) is 5.77. The zero-order valence-electron chi connectivity index (χ0n) is 12.0. The van der Waals surface area contributed by atoms with Crippen molar-refractivity contribution in [1.82, 2.24) is 19.9 Å². The number of hydrogen-bond donors (Lipinski definition) is 1. The van der Waals surface area contributed by atoms with Crippen LogP contribution in [-0.4, -0.2) is 27.7 Å². The van der Waals surface area contributed by atoms with Gasteiger partial charge in [0.05, 0.1) is 10.7 Å². The predicted molar refractivity (Wildman–Crippen MR) is 81.0 cm³/mol. The first-order valence-electron chi connectivity index (χ1n) is 7.14. The molecule has 2 aromatic rings. The molecule has 0 bridgehead atoms. The van der Waals surface area contributed by atoms with Crippen LogP contribution in [0.1, 0.15) is 24.0 Å². The third-order valence-corrected chi connectivity index (χ3v) is 4.05. The summed E-state index contributed by atoms with van der Waals surface area (Å²) in [5, 5.41) is 4.12. The number of rotatable bonds is 5. The summed E-state index contributed by atoms with van der Waals surface area (Å²) >= 11 is 5.83. The summed E-state index contributed by atoms with van der Waals surface area (Å²) in [5.74, 6) is 1.45. The van der Waals surface area contributed by atoms with Gasteiger partial charge in [-0.3, -0.25) is 4.98 Å². The molecule has 3 heterocycles. The Kier molecular flexibility index (Phi) is 4.53. The Morgan fingerprint density at radius 3 is 3.05 bits per heavy atom. The summed E-state index contributed by atoms with van der Waals surface area (Å²) in [6.45, 7) is 2.42. The smallest absolute Gasteiger partial charge is 0.137 e. The van der Waals surface area contributed by atoms with Gasteiger partial charge < -0.3 is 14.6 Å². The standard InChI is InChI=1S/C15H19ClN4O/c1-20-6-5-18-15(20)14-11(4-7-21-14)8-17-10-13-3-2-12(16)9-19-13/h2-3,5-6,9,11,14,17H,4,7-8,10H2,1H3/t11-,14+/m0/s1. The van der Waals surface area contributed by atoms with Crippen molar-refractivity contribution in [3.63, 3.8) is 0 Å². The molecule has 3 rings (SSSR count). The van der Waals surface area contributed by atoms with Crippen molar-refractivity contribution in [3.8, 4) is 0 Å². The molecule has 0 saturated carbocycles. The largest absolute Gasteiger partial charge is 0.370 e. The highest BCUT2D eigenvalue weighted by Crippen LogP contribution is 2.32. The fraction of sp³-hybridized carbons (Fsp3) is 0.467. The van der Waals surface area contributed by atoms with Gasteiger partial charge in [0.25, 0.3) is 0 Å². The van der Waals surface area contributed by atoms with Crippen molar-refractivity contribution in [3.05, 3.63) is 47.3 Å². The maximum Gasteiger partial charge on any atom is 0.137 e. The number of halogens is 1. The van der Waals surface area contributed by atoms with Crippen LogP contribution in [0.25, 0.3) is 0 Å². The van der Waals surface area contributed by atoms with E-state index in [4.69, 9.17) is 16.3 Å². The number of ether oxygens (including phenoxy) is 1. The van der Waals surface area contributed by atoms with Crippen molar-refractivity contribution in [2.24, 2.45) is 13.0 Å². The maximum absolute atomic E-state index is 5.85. The lowest BCUT2D eigenvalue weighted by molar-refractivity contribution is 0.0810. The molecule has 0 aliphatic carbocycles. The second-order valence-electron chi connectivity index (χ2n) is 5.34. The van der Waals surface area contributed by atoms with Crippen molar-refractivity contribution in [2.75, 3.05) is 13.2 Å². The Bertz CT molecular complexity index is 584. The molecule has 6 heteroatoms. The number of nitrogens with one attached hydrogen (secondary N) is 1. The molecule has 21 heavy (non-hydrogen) atoms. The molecule has 1 N–H and O–H groups in total. The molecule has 2 aromatic heterocycles. The van der Waals surface area contributed by atoms with E-state index in [1.165, 1.54) is 0 Å². The molecule has 1 aliphatic rings. The Hall–Kier alpha value is -1.43. The van der Waals surface area contributed by atoms with E-state index >= 15 is 0 Å². The summed E-state index contributed by atoms with van der Waals surface area (Å²) in [7, 11) is 2.01. The predicted octanol–water partition coefficient (Wildman–Crippen LogP) is 2.34. The maximum atomic E-state index is 5.85. The molecule has 0 spiro atoms. The molecule has 0 amide bonds. The first-order chi connectivity index (χ1) is 10.2. The highest BCUT2D eigenvalue weighted by Gasteiger charge is 2.31. The number of imidazole rings is 1. The summed E-state index contributed by atoms with van der Waals surface area (Å²) in [4.78, 5) is 8.69. The first-order valence-corrected chi connectivity index (χ1v) is 7.52. The van der Waals surface area contributed by atoms with Gasteiger partial charge in [-0.1, -0.05) is 11.6 Å². The van der Waals surface area contributed by atoms with Crippen molar-refractivity contribution < 1.29 is 4.74 Å². The molecular weight excluding hydrogens is 288 g/mol. The molecular formula is C15H19ClN4O. The third kappa shape index (κ3) is 3.43. The fourth-order valence-corrected chi connectivity index (χ4v) is 2.79. The van der Waals surface area contributed by atoms with Crippen LogP contribution in [0, 0.1) is 5.92 Å². The second kappa shape index (κ2) is 6.56. The summed E-state index contributed by atoms with van der Waals surface area (Å²) < 4.78 is 7.88. The van der Waals surface area contributed by atoms with E-state index in [9.17, 15) is 0 Å². The zero-order chi connectivity index (χ0) is 14.7. The zero-order valence-corrected chi connectivity index (χ0v) is 12.8. The lowest BCUT2D eigenvalue weighted by Gasteiger charge is -2.18. The van der Waals surface area contributed by atoms with Gasteiger partial charge in [-0.2, -0.15) is 0 Å². The molecule has 112 valence electrons. The van der Waals surface area contributed by atoms with Gasteiger partial charge in [0.15, 0.2) is 0 Å². The van der Waals surface area contributed by atoms with Crippen molar-refractivity contribution in [2.45, 2.75) is 19.1 Å². The van der Waals surface area contributed by atoms with E-state index in [0.29, 0.717) is 10.9 Å². The number of nitrogens with zero attached hydrogens (tertiary/aromatic N) is 3. The molecule has 0 radical (unpaired) electrons. The van der Waals surface area contributed by atoms with E-state index in [1.54, 1.807) is 6.20 Å². The fourth-order valence-electron chi connectivity index (χ4n) is 2.68. The quantitative estimate of drug-likeness (QED) is 0.921. The number of pyridine rings is 1. The van der Waals surface area contributed by atoms with Crippen LogP contribution in [0.4, 0.5) is 0 Å². The molecule has 1 saturated heterocycles. The van der Waals surface area contributed by atoms with Crippen LogP contribution in [0.5, 0.6) is 0 Å². The van der Waals surface area contributed by atoms with Gasteiger partial charge >= 0.3 is 0 Å². The average molecular weight is 307 g/mol. The van der Waals surface area contributed by atoms with E-state index in [1.807, 2.05) is 36.1 Å². The normalized spacial score (nSPS) is 21.8. The van der Waals surface area contributed by atoms with Crippen LogP contribution >= 0.6 is 11.6 Å². The Morgan fingerprint density at radius 2 is 2.33 bits per heavy atom. The van der Waals surface area contributed by atoms with Gasteiger partial charge in [-0.05, 0) is 18.6 Å². The van der Waals surface area contributed by atoms with E-state index in [0.717, 1.165) is 37.6 Å². The number of hydrogen-bond acceptors (Lipinski definition) is 4. The highest BCUT2D eigenvalue weighted by molar-refractivity contribution is 6.30. The number of aryl methyl sites for hydroxylation is 1. The van der Waals surface area contributed by atoms with Crippen LogP contribution in [0.2, 0.25) is 5.02 Å². The lowest BCUT2D eigenvalue weighted by atomic mass is 10.0. The van der Waals surface area contributed by atoms with Crippen LogP contribution in [0.3, 0.4) is 0 Å². The monoisotopic (exact) mass is 306 g/mol. The molecule has 0 unspecified atom stereocenters. The molecule has 5 nitrogen and oxygen atoms in total. The average Bonchev–Trinajstić information content (AvgIpc) is 3.09. The molecule has 2 atom stereocenters. The Balaban J connectivity index is 1.55. The minimum absolute atomic E-state index is 0.0793. The van der Waals surface area contributed by atoms with Crippen LogP contribution in [0.15, 0.2) is 30.7 Å². The van der Waals surface area contributed by atoms with Crippen LogP contribution in [-0.2, 0) is 18.3 Å².